The molecule has 0 fully saturated rings. The van der Waals surface area contributed by atoms with Gasteiger partial charge in [-0.15, -0.1) is 0 Å². The molecule has 0 heterocycles. The van der Waals surface area contributed by atoms with Crippen molar-refractivity contribution in [2.24, 2.45) is 0 Å². The average molecular weight is 610 g/mol. The van der Waals surface area contributed by atoms with Crippen LogP contribution in [0.3, 0.4) is 0 Å². The van der Waals surface area contributed by atoms with Crippen molar-refractivity contribution in [1.29, 1.82) is 0 Å². The summed E-state index contributed by atoms with van der Waals surface area (Å²) in [4.78, 5) is 34.8. The number of ether oxygens (including phenoxy) is 1. The van der Waals surface area contributed by atoms with Gasteiger partial charge in [-0.25, -0.2) is 0 Å². The quantitative estimate of drug-likeness (QED) is 0.0559. The molecule has 0 aliphatic heterocycles. The maximum Gasteiger partial charge on any atom is 0.322 e. The minimum atomic E-state index is -1.01. The lowest BCUT2D eigenvalue weighted by molar-refractivity contribution is -0.150. The number of carbonyl (C=O) groups excluding carboxylic acids is 2. The first-order chi connectivity index (χ1) is 21.0. The van der Waals surface area contributed by atoms with Crippen molar-refractivity contribution < 1.29 is 24.2 Å². The van der Waals surface area contributed by atoms with Crippen LogP contribution in [-0.2, 0) is 19.1 Å². The summed E-state index contributed by atoms with van der Waals surface area (Å²) in [5, 5.41) is 11.0. The molecule has 254 valence electrons. The van der Waals surface area contributed by atoms with E-state index in [1.54, 1.807) is 0 Å². The number of nitrogens with one attached hydrogen (secondary N) is 1. The van der Waals surface area contributed by atoms with Crippen LogP contribution >= 0.6 is 0 Å². The Labute approximate surface area is 266 Å². The van der Waals surface area contributed by atoms with Gasteiger partial charge in [-0.3, -0.25) is 14.4 Å². The van der Waals surface area contributed by atoms with Crippen molar-refractivity contribution >= 4 is 17.8 Å². The predicted molar refractivity (Wildman–Crippen MR) is 180 cm³/mol. The van der Waals surface area contributed by atoms with E-state index < -0.39 is 5.97 Å². The highest BCUT2D eigenvalue weighted by Gasteiger charge is 2.14. The summed E-state index contributed by atoms with van der Waals surface area (Å²) >= 11 is 0. The monoisotopic (exact) mass is 610 g/mol. The van der Waals surface area contributed by atoms with Crippen molar-refractivity contribution in [2.75, 3.05) is 6.54 Å². The van der Waals surface area contributed by atoms with Crippen LogP contribution in [0, 0.1) is 0 Å². The van der Waals surface area contributed by atoms with Gasteiger partial charge in [-0.05, 0) is 38.5 Å². The smallest absolute Gasteiger partial charge is 0.322 e. The molecule has 0 bridgehead atoms. The number of carbonyl (C=O) groups is 3. The molecule has 1 atom stereocenters. The molecule has 1 amide bonds. The van der Waals surface area contributed by atoms with Gasteiger partial charge in [-0.1, -0.05) is 155 Å². The zero-order valence-corrected chi connectivity index (χ0v) is 28.6. The van der Waals surface area contributed by atoms with Gasteiger partial charge in [0.2, 0.25) is 5.91 Å². The molecule has 0 saturated carbocycles. The second-order valence-corrected chi connectivity index (χ2v) is 12.8. The van der Waals surface area contributed by atoms with Gasteiger partial charge in [0.1, 0.15) is 12.6 Å². The van der Waals surface area contributed by atoms with E-state index >= 15 is 0 Å². The van der Waals surface area contributed by atoms with E-state index in [0.29, 0.717) is 12.8 Å². The molecule has 0 aliphatic rings. The molecule has 0 rings (SSSR count). The van der Waals surface area contributed by atoms with Crippen LogP contribution in [0.2, 0.25) is 0 Å². The lowest BCUT2D eigenvalue weighted by Crippen LogP contribution is -2.28. The lowest BCUT2D eigenvalue weighted by Gasteiger charge is -2.18. The largest absolute Gasteiger partial charge is 0.480 e. The Morgan fingerprint density at radius 3 is 1.26 bits per heavy atom. The normalized spacial score (nSPS) is 11.9. The Kier molecular flexibility index (Phi) is 32.1. The topological polar surface area (TPSA) is 92.7 Å². The van der Waals surface area contributed by atoms with Crippen LogP contribution in [-0.4, -0.2) is 35.6 Å². The van der Waals surface area contributed by atoms with Crippen LogP contribution < -0.4 is 5.32 Å². The molecule has 0 aromatic rings. The maximum absolute atomic E-state index is 12.6. The van der Waals surface area contributed by atoms with Gasteiger partial charge >= 0.3 is 11.9 Å². The second kappa shape index (κ2) is 33.3. The summed E-state index contributed by atoms with van der Waals surface area (Å²) < 4.78 is 5.98. The van der Waals surface area contributed by atoms with Gasteiger partial charge in [0.05, 0.1) is 0 Å². The molecular weight excluding hydrogens is 538 g/mol. The zero-order chi connectivity index (χ0) is 31.6. The summed E-state index contributed by atoms with van der Waals surface area (Å²) in [6, 6.07) is 0. The molecule has 6 heteroatoms. The first-order valence-electron chi connectivity index (χ1n) is 18.7. The summed E-state index contributed by atoms with van der Waals surface area (Å²) in [6.07, 6.45) is 35.0. The third kappa shape index (κ3) is 33.1. The van der Waals surface area contributed by atoms with Crippen molar-refractivity contribution in [3.05, 3.63) is 0 Å². The van der Waals surface area contributed by atoms with E-state index in [0.717, 1.165) is 64.2 Å². The van der Waals surface area contributed by atoms with Gasteiger partial charge in [-0.2, -0.15) is 0 Å². The van der Waals surface area contributed by atoms with E-state index in [-0.39, 0.29) is 24.5 Å². The third-order valence-corrected chi connectivity index (χ3v) is 8.53. The zero-order valence-electron chi connectivity index (χ0n) is 28.6. The summed E-state index contributed by atoms with van der Waals surface area (Å²) in [7, 11) is 0. The minimum Gasteiger partial charge on any atom is -0.480 e. The van der Waals surface area contributed by atoms with E-state index in [1.807, 2.05) is 0 Å². The molecule has 43 heavy (non-hydrogen) atoms. The van der Waals surface area contributed by atoms with E-state index in [2.05, 4.69) is 19.2 Å². The van der Waals surface area contributed by atoms with Crippen molar-refractivity contribution in [3.8, 4) is 0 Å². The second-order valence-electron chi connectivity index (χ2n) is 12.8. The highest BCUT2D eigenvalue weighted by Crippen LogP contribution is 2.19. The first kappa shape index (κ1) is 41.4. The molecule has 2 N–H and O–H groups in total. The number of unbranched alkanes of at least 4 members (excludes halogenated alkanes) is 23. The summed E-state index contributed by atoms with van der Waals surface area (Å²) in [5.74, 6) is -1.22. The number of aliphatic carboxylic acids is 1. The highest BCUT2D eigenvalue weighted by atomic mass is 16.5. The summed E-state index contributed by atoms with van der Waals surface area (Å²) in [6.45, 7) is 4.22. The number of carboxylic acids is 1. The van der Waals surface area contributed by atoms with Crippen LogP contribution in [0.4, 0.5) is 0 Å². The number of hydrogen-bond donors (Lipinski definition) is 2. The Morgan fingerprint density at radius 1 is 0.512 bits per heavy atom. The van der Waals surface area contributed by atoms with E-state index in [1.165, 1.54) is 116 Å². The molecule has 0 radical (unpaired) electrons. The summed E-state index contributed by atoms with van der Waals surface area (Å²) in [5.41, 5.74) is 0. The molecule has 6 nitrogen and oxygen atoms in total. The maximum atomic E-state index is 12.6. The highest BCUT2D eigenvalue weighted by molar-refractivity contribution is 5.80. The standard InChI is InChI=1S/C37H71NO5/c1-3-5-7-9-11-13-14-15-16-17-19-24-28-32-37(42)43-34(29-25-21-18-12-10-8-6-4-2)30-26-22-20-23-27-31-35(39)38-33-36(40)41/h34H,3-33H2,1-2H3,(H,38,39)(H,40,41). The van der Waals surface area contributed by atoms with Gasteiger partial charge in [0, 0.05) is 12.8 Å². The van der Waals surface area contributed by atoms with Gasteiger partial charge in [0.15, 0.2) is 0 Å². The van der Waals surface area contributed by atoms with Crippen LogP contribution in [0.25, 0.3) is 0 Å². The predicted octanol–water partition coefficient (Wildman–Crippen LogP) is 10.8. The Bertz CT molecular complexity index is 638. The van der Waals surface area contributed by atoms with Crippen LogP contribution in [0.1, 0.15) is 206 Å². The van der Waals surface area contributed by atoms with E-state index in [4.69, 9.17) is 9.84 Å². The Hall–Kier alpha value is -1.59. The van der Waals surface area contributed by atoms with Crippen LogP contribution in [0.5, 0.6) is 0 Å². The molecule has 0 saturated heterocycles. The number of carboxylic acid groups (broad SMARTS) is 1. The van der Waals surface area contributed by atoms with Gasteiger partial charge < -0.3 is 15.2 Å². The number of amides is 1. The lowest BCUT2D eigenvalue weighted by atomic mass is 10.0. The minimum absolute atomic E-state index is 0.0139. The molecule has 0 aliphatic carbocycles. The molecule has 0 aromatic heterocycles. The fourth-order valence-electron chi connectivity index (χ4n) is 5.75. The number of rotatable bonds is 34. The fourth-order valence-corrected chi connectivity index (χ4v) is 5.75. The SMILES string of the molecule is CCCCCCCCCCCCCCCC(=O)OC(CCCCCCCCCC)CCCCCCCC(=O)NCC(=O)O. The van der Waals surface area contributed by atoms with E-state index in [9.17, 15) is 14.4 Å². The molecule has 1 unspecified atom stereocenters. The number of esters is 1. The Balaban J connectivity index is 4.07. The Morgan fingerprint density at radius 2 is 0.860 bits per heavy atom. The fraction of sp³-hybridized carbons (Fsp3) is 0.919. The van der Waals surface area contributed by atoms with Crippen LogP contribution in [0.15, 0.2) is 0 Å². The third-order valence-electron chi connectivity index (χ3n) is 8.53. The van der Waals surface area contributed by atoms with Crippen molar-refractivity contribution in [2.45, 2.75) is 213 Å². The molecule has 0 spiro atoms. The molecular formula is C37H71NO5. The number of hydrogen-bond acceptors (Lipinski definition) is 4. The van der Waals surface area contributed by atoms with Gasteiger partial charge in [0.25, 0.3) is 0 Å². The average Bonchev–Trinajstić information content (AvgIpc) is 2.99. The van der Waals surface area contributed by atoms with Crippen molar-refractivity contribution in [1.82, 2.24) is 5.32 Å². The van der Waals surface area contributed by atoms with Crippen molar-refractivity contribution in [3.63, 3.8) is 0 Å². The molecule has 0 aromatic carbocycles. The first-order valence-corrected chi connectivity index (χ1v) is 18.7.